The lowest BCUT2D eigenvalue weighted by atomic mass is 9.99. The third kappa shape index (κ3) is 4.29. The average Bonchev–Trinajstić information content (AvgIpc) is 3.04. The molecule has 1 saturated carbocycles. The molecular weight excluding hydrogens is 317 g/mol. The van der Waals surface area contributed by atoms with Crippen molar-refractivity contribution in [2.24, 2.45) is 11.7 Å². The van der Waals surface area contributed by atoms with Crippen LogP contribution in [0, 0.1) is 5.92 Å². The van der Waals surface area contributed by atoms with Gasteiger partial charge >= 0.3 is 6.18 Å². The number of hydrogen-bond acceptors (Lipinski definition) is 2. The molecule has 1 aliphatic rings. The van der Waals surface area contributed by atoms with Crippen LogP contribution in [0.5, 0.6) is 0 Å². The summed E-state index contributed by atoms with van der Waals surface area (Å²) in [5.41, 5.74) is 5.31. The molecule has 0 aliphatic heterocycles. The van der Waals surface area contributed by atoms with Crippen LogP contribution < -0.4 is 5.73 Å². The lowest BCUT2D eigenvalue weighted by Gasteiger charge is -2.33. The summed E-state index contributed by atoms with van der Waals surface area (Å²) in [4.78, 5) is 14.4. The molecule has 24 heavy (non-hydrogen) atoms. The van der Waals surface area contributed by atoms with E-state index in [4.69, 9.17) is 5.73 Å². The molecule has 2 N–H and O–H groups in total. The summed E-state index contributed by atoms with van der Waals surface area (Å²) in [5.74, 6) is -0.572. The summed E-state index contributed by atoms with van der Waals surface area (Å²) >= 11 is 0. The molecule has 1 amide bonds. The lowest BCUT2D eigenvalue weighted by Crippen LogP contribution is -2.45. The van der Waals surface area contributed by atoms with Gasteiger partial charge in [-0.15, -0.1) is 0 Å². The highest BCUT2D eigenvalue weighted by Crippen LogP contribution is 2.34. The number of amides is 1. The summed E-state index contributed by atoms with van der Waals surface area (Å²) in [6.07, 6.45) is -0.741. The Bertz CT molecular complexity index is 566. The van der Waals surface area contributed by atoms with Crippen molar-refractivity contribution in [1.29, 1.82) is 0 Å². The monoisotopic (exact) mass is 342 g/mol. The van der Waals surface area contributed by atoms with E-state index in [9.17, 15) is 18.0 Å². The fourth-order valence-electron chi connectivity index (χ4n) is 3.21. The Morgan fingerprint density at radius 2 is 1.83 bits per heavy atom. The van der Waals surface area contributed by atoms with E-state index >= 15 is 0 Å². The second kappa shape index (κ2) is 7.55. The van der Waals surface area contributed by atoms with E-state index in [0.717, 1.165) is 31.7 Å². The van der Waals surface area contributed by atoms with Crippen LogP contribution in [0.1, 0.15) is 50.7 Å². The number of alkyl halides is 3. The molecule has 0 heterocycles. The van der Waals surface area contributed by atoms with E-state index in [-0.39, 0.29) is 30.1 Å². The predicted molar refractivity (Wildman–Crippen MR) is 87.1 cm³/mol. The van der Waals surface area contributed by atoms with Gasteiger partial charge in [0.1, 0.15) is 0 Å². The topological polar surface area (TPSA) is 46.3 Å². The largest absolute Gasteiger partial charge is 0.416 e. The van der Waals surface area contributed by atoms with Crippen molar-refractivity contribution < 1.29 is 18.0 Å². The molecule has 2 rings (SSSR count). The third-order valence-electron chi connectivity index (χ3n) is 4.89. The summed E-state index contributed by atoms with van der Waals surface area (Å²) in [6.45, 7) is 3.47. The molecule has 1 aromatic carbocycles. The van der Waals surface area contributed by atoms with E-state index in [1.54, 1.807) is 24.8 Å². The van der Waals surface area contributed by atoms with E-state index < -0.39 is 17.7 Å². The maximum Gasteiger partial charge on any atom is 0.416 e. The molecule has 3 nitrogen and oxygen atoms in total. The van der Waals surface area contributed by atoms with Gasteiger partial charge in [0.15, 0.2) is 0 Å². The Morgan fingerprint density at radius 1 is 1.25 bits per heavy atom. The molecule has 1 aliphatic carbocycles. The number of hydrogen-bond donors (Lipinski definition) is 1. The second-order valence-corrected chi connectivity index (χ2v) is 6.71. The van der Waals surface area contributed by atoms with E-state index in [1.165, 1.54) is 12.1 Å². The molecule has 6 heteroatoms. The highest BCUT2D eigenvalue weighted by molar-refractivity contribution is 5.79. The van der Waals surface area contributed by atoms with Gasteiger partial charge in [0.2, 0.25) is 5.91 Å². The van der Waals surface area contributed by atoms with Crippen LogP contribution in [0.3, 0.4) is 0 Å². The highest BCUT2D eigenvalue weighted by Gasteiger charge is 2.36. The minimum Gasteiger partial charge on any atom is -0.335 e. The zero-order valence-corrected chi connectivity index (χ0v) is 14.1. The molecule has 1 aromatic rings. The van der Waals surface area contributed by atoms with E-state index in [1.807, 2.05) is 0 Å². The minimum absolute atomic E-state index is 0.00000945. The van der Waals surface area contributed by atoms with Crippen molar-refractivity contribution in [3.05, 3.63) is 35.4 Å². The Hall–Kier alpha value is -1.56. The Kier molecular flexibility index (Phi) is 5.91. The van der Waals surface area contributed by atoms with Crippen molar-refractivity contribution >= 4 is 5.91 Å². The maximum absolute atomic E-state index is 13.2. The van der Waals surface area contributed by atoms with Gasteiger partial charge in [-0.1, -0.05) is 38.0 Å². The quantitative estimate of drug-likeness (QED) is 0.880. The summed E-state index contributed by atoms with van der Waals surface area (Å²) < 4.78 is 39.7. The maximum atomic E-state index is 13.2. The third-order valence-corrected chi connectivity index (χ3v) is 4.89. The number of benzene rings is 1. The predicted octanol–water partition coefficient (Wildman–Crippen LogP) is 3.96. The van der Waals surface area contributed by atoms with Crippen molar-refractivity contribution in [2.45, 2.75) is 64.3 Å². The molecule has 2 atom stereocenters. The molecule has 0 bridgehead atoms. The van der Waals surface area contributed by atoms with Crippen LogP contribution in [0.25, 0.3) is 0 Å². The SMILES string of the molecule is CC(N)C(C)C(=O)N(Cc1ccccc1C(F)(F)F)C1CCCC1. The van der Waals surface area contributed by atoms with Gasteiger partial charge < -0.3 is 10.6 Å². The molecular formula is C18H25F3N2O. The van der Waals surface area contributed by atoms with Gasteiger partial charge in [-0.05, 0) is 31.4 Å². The van der Waals surface area contributed by atoms with E-state index in [0.29, 0.717) is 0 Å². The van der Waals surface area contributed by atoms with Gasteiger partial charge in [-0.25, -0.2) is 0 Å². The number of nitrogens with two attached hydrogens (primary N) is 1. The molecule has 1 fully saturated rings. The molecule has 134 valence electrons. The highest BCUT2D eigenvalue weighted by atomic mass is 19.4. The van der Waals surface area contributed by atoms with Gasteiger partial charge in [-0.2, -0.15) is 13.2 Å². The van der Waals surface area contributed by atoms with Crippen molar-refractivity contribution in [3.8, 4) is 0 Å². The van der Waals surface area contributed by atoms with Crippen molar-refractivity contribution in [3.63, 3.8) is 0 Å². The Balaban J connectivity index is 2.31. The van der Waals surface area contributed by atoms with Crippen LogP contribution in [0.2, 0.25) is 0 Å². The van der Waals surface area contributed by atoms with Crippen molar-refractivity contribution in [1.82, 2.24) is 4.90 Å². The fourth-order valence-corrected chi connectivity index (χ4v) is 3.21. The first-order chi connectivity index (χ1) is 11.2. The van der Waals surface area contributed by atoms with Gasteiger partial charge in [0.05, 0.1) is 11.5 Å². The lowest BCUT2D eigenvalue weighted by molar-refractivity contribution is -0.142. The van der Waals surface area contributed by atoms with Gasteiger partial charge in [-0.3, -0.25) is 4.79 Å². The van der Waals surface area contributed by atoms with Crippen LogP contribution in [-0.4, -0.2) is 22.9 Å². The van der Waals surface area contributed by atoms with E-state index in [2.05, 4.69) is 0 Å². The number of rotatable bonds is 5. The summed E-state index contributed by atoms with van der Waals surface area (Å²) in [7, 11) is 0. The first-order valence-electron chi connectivity index (χ1n) is 8.43. The first-order valence-corrected chi connectivity index (χ1v) is 8.43. The minimum atomic E-state index is -4.42. The zero-order chi connectivity index (χ0) is 17.9. The number of carbonyl (C=O) groups excluding carboxylic acids is 1. The fraction of sp³-hybridized carbons (Fsp3) is 0.611. The summed E-state index contributed by atoms with van der Waals surface area (Å²) in [5, 5.41) is 0. The van der Waals surface area contributed by atoms with Crippen LogP contribution >= 0.6 is 0 Å². The van der Waals surface area contributed by atoms with Crippen molar-refractivity contribution in [2.75, 3.05) is 0 Å². The molecule has 0 spiro atoms. The molecule has 2 unspecified atom stereocenters. The first kappa shape index (κ1) is 18.8. The van der Waals surface area contributed by atoms with Crippen LogP contribution in [0.15, 0.2) is 24.3 Å². The molecule has 0 radical (unpaired) electrons. The smallest absolute Gasteiger partial charge is 0.335 e. The number of halogens is 3. The Morgan fingerprint density at radius 3 is 2.38 bits per heavy atom. The number of nitrogens with zero attached hydrogens (tertiary/aromatic N) is 1. The normalized spacial score (nSPS) is 18.4. The zero-order valence-electron chi connectivity index (χ0n) is 14.1. The van der Waals surface area contributed by atoms with Crippen LogP contribution in [-0.2, 0) is 17.5 Å². The molecule has 0 saturated heterocycles. The number of carbonyl (C=O) groups is 1. The van der Waals surface area contributed by atoms with Crippen LogP contribution in [0.4, 0.5) is 13.2 Å². The van der Waals surface area contributed by atoms with Gasteiger partial charge in [0.25, 0.3) is 0 Å². The standard InChI is InChI=1S/C18H25F3N2O/c1-12(13(2)22)17(24)23(15-8-4-5-9-15)11-14-7-3-6-10-16(14)18(19,20)21/h3,6-7,10,12-13,15H,4-5,8-9,11,22H2,1-2H3. The summed E-state index contributed by atoms with van der Waals surface area (Å²) in [6, 6.07) is 5.14. The average molecular weight is 342 g/mol. The van der Waals surface area contributed by atoms with Gasteiger partial charge in [0, 0.05) is 18.6 Å². The molecule has 0 aromatic heterocycles. The second-order valence-electron chi connectivity index (χ2n) is 6.71. The Labute approximate surface area is 141 Å².